The summed E-state index contributed by atoms with van der Waals surface area (Å²) in [5.41, 5.74) is 1.47. The van der Waals surface area contributed by atoms with Crippen molar-refractivity contribution in [3.05, 3.63) is 35.7 Å². The van der Waals surface area contributed by atoms with Crippen LogP contribution in [0.2, 0.25) is 0 Å². The molecule has 0 radical (unpaired) electrons. The fourth-order valence-electron chi connectivity index (χ4n) is 1.62. The van der Waals surface area contributed by atoms with Crippen molar-refractivity contribution >= 4 is 5.78 Å². The van der Waals surface area contributed by atoms with Crippen LogP contribution in [0.1, 0.15) is 28.8 Å². The number of rotatable bonds is 3. The maximum Gasteiger partial charge on any atom is 0.231 e. The molecule has 5 heteroatoms. The summed E-state index contributed by atoms with van der Waals surface area (Å²) < 4.78 is 3.52. The Kier molecular flexibility index (Phi) is 2.60. The standard InChI is InChI=1S/C11H14N4O/c1-4-15-6-5-12-11(15)10(16)9-7-13-14(3)8(9)2/h5-7H,4H2,1-3H3. The molecule has 2 aromatic rings. The van der Waals surface area contributed by atoms with Crippen LogP contribution in [-0.2, 0) is 13.6 Å². The van der Waals surface area contributed by atoms with E-state index in [2.05, 4.69) is 10.1 Å². The molecule has 5 nitrogen and oxygen atoms in total. The van der Waals surface area contributed by atoms with E-state index in [4.69, 9.17) is 0 Å². The highest BCUT2D eigenvalue weighted by Gasteiger charge is 2.18. The summed E-state index contributed by atoms with van der Waals surface area (Å²) in [5, 5.41) is 4.06. The molecule has 2 heterocycles. The summed E-state index contributed by atoms with van der Waals surface area (Å²) in [7, 11) is 1.82. The molecule has 0 bridgehead atoms. The summed E-state index contributed by atoms with van der Waals surface area (Å²) in [6, 6.07) is 0. The summed E-state index contributed by atoms with van der Waals surface area (Å²) in [6.07, 6.45) is 5.04. The molecule has 0 aliphatic carbocycles. The predicted molar refractivity (Wildman–Crippen MR) is 59.3 cm³/mol. The minimum absolute atomic E-state index is 0.0718. The molecule has 84 valence electrons. The van der Waals surface area contributed by atoms with Crippen molar-refractivity contribution in [2.75, 3.05) is 0 Å². The number of hydrogen-bond donors (Lipinski definition) is 0. The third-order valence-corrected chi connectivity index (χ3v) is 2.74. The Bertz CT molecular complexity index is 524. The van der Waals surface area contributed by atoms with E-state index in [0.717, 1.165) is 12.2 Å². The van der Waals surface area contributed by atoms with Gasteiger partial charge in [-0.2, -0.15) is 5.10 Å². The second kappa shape index (κ2) is 3.92. The molecular weight excluding hydrogens is 204 g/mol. The average Bonchev–Trinajstić information content (AvgIpc) is 2.86. The molecule has 2 aromatic heterocycles. The van der Waals surface area contributed by atoms with Crippen molar-refractivity contribution < 1.29 is 4.79 Å². The smallest absolute Gasteiger partial charge is 0.231 e. The molecule has 2 rings (SSSR count). The largest absolute Gasteiger partial charge is 0.328 e. The molecule has 0 aromatic carbocycles. The van der Waals surface area contributed by atoms with Crippen molar-refractivity contribution in [2.24, 2.45) is 7.05 Å². The molecule has 0 saturated carbocycles. The lowest BCUT2D eigenvalue weighted by atomic mass is 10.1. The van der Waals surface area contributed by atoms with Crippen molar-refractivity contribution in [2.45, 2.75) is 20.4 Å². The van der Waals surface area contributed by atoms with Crippen LogP contribution in [0.3, 0.4) is 0 Å². The number of imidazole rings is 1. The Morgan fingerprint density at radius 1 is 1.50 bits per heavy atom. The zero-order valence-electron chi connectivity index (χ0n) is 9.64. The number of ketones is 1. The Morgan fingerprint density at radius 3 is 2.81 bits per heavy atom. The molecule has 0 unspecified atom stereocenters. The van der Waals surface area contributed by atoms with Gasteiger partial charge in [-0.05, 0) is 13.8 Å². The summed E-state index contributed by atoms with van der Waals surface area (Å²) in [6.45, 7) is 4.59. The van der Waals surface area contributed by atoms with E-state index in [1.165, 1.54) is 0 Å². The minimum Gasteiger partial charge on any atom is -0.328 e. The molecule has 0 aliphatic heterocycles. The molecular formula is C11H14N4O. The van der Waals surface area contributed by atoms with E-state index in [-0.39, 0.29) is 5.78 Å². The normalized spacial score (nSPS) is 10.7. The lowest BCUT2D eigenvalue weighted by Gasteiger charge is -2.03. The first kappa shape index (κ1) is 10.6. The van der Waals surface area contributed by atoms with Gasteiger partial charge in [0.25, 0.3) is 0 Å². The lowest BCUT2D eigenvalue weighted by Crippen LogP contribution is -2.11. The monoisotopic (exact) mass is 218 g/mol. The maximum atomic E-state index is 12.2. The van der Waals surface area contributed by atoms with Gasteiger partial charge < -0.3 is 4.57 Å². The number of carbonyl (C=O) groups excluding carboxylic acids is 1. The molecule has 16 heavy (non-hydrogen) atoms. The van der Waals surface area contributed by atoms with Crippen LogP contribution in [0.4, 0.5) is 0 Å². The maximum absolute atomic E-state index is 12.2. The number of aromatic nitrogens is 4. The first-order valence-corrected chi connectivity index (χ1v) is 5.19. The second-order valence-corrected chi connectivity index (χ2v) is 3.63. The molecule has 0 aliphatic rings. The van der Waals surface area contributed by atoms with Crippen LogP contribution in [-0.4, -0.2) is 25.1 Å². The van der Waals surface area contributed by atoms with E-state index in [0.29, 0.717) is 11.4 Å². The van der Waals surface area contributed by atoms with Crippen LogP contribution in [0, 0.1) is 6.92 Å². The first-order valence-electron chi connectivity index (χ1n) is 5.19. The third kappa shape index (κ3) is 1.54. The molecule has 0 atom stereocenters. The Hall–Kier alpha value is -1.91. The Labute approximate surface area is 93.7 Å². The molecule has 0 spiro atoms. The molecule has 0 N–H and O–H groups in total. The molecule has 0 amide bonds. The predicted octanol–water partition coefficient (Wildman–Crippen LogP) is 1.18. The zero-order valence-corrected chi connectivity index (χ0v) is 9.64. The van der Waals surface area contributed by atoms with Crippen LogP contribution in [0.25, 0.3) is 0 Å². The lowest BCUT2D eigenvalue weighted by molar-refractivity contribution is 0.102. The third-order valence-electron chi connectivity index (χ3n) is 2.74. The fourth-order valence-corrected chi connectivity index (χ4v) is 1.62. The molecule has 0 fully saturated rings. The average molecular weight is 218 g/mol. The topological polar surface area (TPSA) is 52.7 Å². The van der Waals surface area contributed by atoms with Gasteiger partial charge in [-0.25, -0.2) is 4.98 Å². The van der Waals surface area contributed by atoms with Gasteiger partial charge in [0, 0.05) is 31.7 Å². The van der Waals surface area contributed by atoms with Crippen LogP contribution < -0.4 is 0 Å². The number of hydrogen-bond acceptors (Lipinski definition) is 3. The molecule has 0 saturated heterocycles. The first-order chi connectivity index (χ1) is 7.65. The van der Waals surface area contributed by atoms with Crippen molar-refractivity contribution in [3.8, 4) is 0 Å². The van der Waals surface area contributed by atoms with Crippen molar-refractivity contribution in [3.63, 3.8) is 0 Å². The highest BCUT2D eigenvalue weighted by atomic mass is 16.1. The summed E-state index contributed by atoms with van der Waals surface area (Å²) >= 11 is 0. The SMILES string of the molecule is CCn1ccnc1C(=O)c1cnn(C)c1C. The summed E-state index contributed by atoms with van der Waals surface area (Å²) in [5.74, 6) is 0.399. The number of nitrogens with zero attached hydrogens (tertiary/aromatic N) is 4. The van der Waals surface area contributed by atoms with E-state index in [1.54, 1.807) is 23.3 Å². The van der Waals surface area contributed by atoms with Gasteiger partial charge >= 0.3 is 0 Å². The summed E-state index contributed by atoms with van der Waals surface area (Å²) in [4.78, 5) is 16.3. The Balaban J connectivity index is 2.43. The van der Waals surface area contributed by atoms with E-state index >= 15 is 0 Å². The van der Waals surface area contributed by atoms with Crippen LogP contribution in [0.15, 0.2) is 18.6 Å². The van der Waals surface area contributed by atoms with Gasteiger partial charge in [-0.1, -0.05) is 0 Å². The van der Waals surface area contributed by atoms with Crippen LogP contribution in [0.5, 0.6) is 0 Å². The van der Waals surface area contributed by atoms with Crippen molar-refractivity contribution in [1.82, 2.24) is 19.3 Å². The van der Waals surface area contributed by atoms with Crippen LogP contribution >= 0.6 is 0 Å². The number of carbonyl (C=O) groups is 1. The highest BCUT2D eigenvalue weighted by molar-refractivity contribution is 6.07. The van der Waals surface area contributed by atoms with Gasteiger partial charge in [0.2, 0.25) is 5.78 Å². The van der Waals surface area contributed by atoms with E-state index in [1.807, 2.05) is 25.5 Å². The van der Waals surface area contributed by atoms with Gasteiger partial charge in [0.1, 0.15) is 0 Å². The van der Waals surface area contributed by atoms with Gasteiger partial charge in [-0.15, -0.1) is 0 Å². The highest BCUT2D eigenvalue weighted by Crippen LogP contribution is 2.11. The van der Waals surface area contributed by atoms with E-state index < -0.39 is 0 Å². The number of aryl methyl sites for hydroxylation is 2. The second-order valence-electron chi connectivity index (χ2n) is 3.63. The van der Waals surface area contributed by atoms with Gasteiger partial charge in [0.05, 0.1) is 11.8 Å². The van der Waals surface area contributed by atoms with Gasteiger partial charge in [0.15, 0.2) is 5.82 Å². The van der Waals surface area contributed by atoms with Crippen molar-refractivity contribution in [1.29, 1.82) is 0 Å². The minimum atomic E-state index is -0.0718. The Morgan fingerprint density at radius 2 is 2.25 bits per heavy atom. The quantitative estimate of drug-likeness (QED) is 0.727. The zero-order chi connectivity index (χ0) is 11.7. The fraction of sp³-hybridized carbons (Fsp3) is 0.364. The van der Waals surface area contributed by atoms with Gasteiger partial charge in [-0.3, -0.25) is 9.48 Å². The van der Waals surface area contributed by atoms with E-state index in [9.17, 15) is 4.79 Å².